The summed E-state index contributed by atoms with van der Waals surface area (Å²) in [6.07, 6.45) is 0. The van der Waals surface area contributed by atoms with Crippen LogP contribution in [0, 0.1) is 12.8 Å². The molecule has 0 bridgehead atoms. The smallest absolute Gasteiger partial charge is 0.233 e. The van der Waals surface area contributed by atoms with E-state index in [0.29, 0.717) is 11.6 Å². The highest BCUT2D eigenvalue weighted by Crippen LogP contribution is 2.37. The third-order valence-electron chi connectivity index (χ3n) is 2.81. The van der Waals surface area contributed by atoms with E-state index in [9.17, 15) is 4.79 Å². The van der Waals surface area contributed by atoms with Crippen molar-refractivity contribution in [3.8, 4) is 5.75 Å². The number of aryl methyl sites for hydroxylation is 1. The lowest BCUT2D eigenvalue weighted by molar-refractivity contribution is -0.122. The molecule has 86 valence electrons. The Bertz CT molecular complexity index is 445. The van der Waals surface area contributed by atoms with Gasteiger partial charge in [0.15, 0.2) is 0 Å². The summed E-state index contributed by atoms with van der Waals surface area (Å²) in [6.45, 7) is 4.21. The molecular formula is C12H14ClNO2. The van der Waals surface area contributed by atoms with Gasteiger partial charge in [-0.3, -0.25) is 4.79 Å². The highest BCUT2D eigenvalue weighted by molar-refractivity contribution is 6.31. The molecule has 0 saturated carbocycles. The molecule has 2 rings (SSSR count). The van der Waals surface area contributed by atoms with E-state index in [4.69, 9.17) is 16.3 Å². The van der Waals surface area contributed by atoms with Gasteiger partial charge >= 0.3 is 0 Å². The molecule has 4 heteroatoms. The maximum absolute atomic E-state index is 11.9. The summed E-state index contributed by atoms with van der Waals surface area (Å²) in [5, 5.41) is 0.619. The van der Waals surface area contributed by atoms with Gasteiger partial charge in [-0.05, 0) is 24.6 Å². The summed E-state index contributed by atoms with van der Waals surface area (Å²) >= 11 is 5.99. The van der Waals surface area contributed by atoms with Gasteiger partial charge in [-0.25, -0.2) is 0 Å². The van der Waals surface area contributed by atoms with E-state index in [1.165, 1.54) is 0 Å². The number of hydrogen-bond donors (Lipinski definition) is 0. The Morgan fingerprint density at radius 2 is 2.19 bits per heavy atom. The molecule has 0 spiro atoms. The third-order valence-corrected chi connectivity index (χ3v) is 3.03. The summed E-state index contributed by atoms with van der Waals surface area (Å²) in [6, 6.07) is 3.61. The number of fused-ring (bicyclic) bond motifs is 1. The zero-order valence-electron chi connectivity index (χ0n) is 9.58. The van der Waals surface area contributed by atoms with E-state index in [1.54, 1.807) is 18.0 Å². The van der Waals surface area contributed by atoms with Crippen LogP contribution in [0.5, 0.6) is 5.75 Å². The fourth-order valence-corrected chi connectivity index (χ4v) is 2.15. The minimum atomic E-state index is -0.129. The SMILES string of the molecule is Cc1cc(Cl)cc2c1OCC(C)C(=O)N2C. The van der Waals surface area contributed by atoms with Crippen LogP contribution in [0.25, 0.3) is 0 Å². The number of ether oxygens (including phenoxy) is 1. The Kier molecular flexibility index (Phi) is 2.80. The molecule has 0 N–H and O–H groups in total. The van der Waals surface area contributed by atoms with Crippen molar-refractivity contribution in [3.63, 3.8) is 0 Å². The average Bonchev–Trinajstić information content (AvgIpc) is 2.32. The van der Waals surface area contributed by atoms with Gasteiger partial charge in [-0.1, -0.05) is 18.5 Å². The number of halogens is 1. The highest BCUT2D eigenvalue weighted by atomic mass is 35.5. The molecule has 0 aliphatic carbocycles. The van der Waals surface area contributed by atoms with E-state index in [2.05, 4.69) is 0 Å². The largest absolute Gasteiger partial charge is 0.490 e. The molecule has 1 aliphatic heterocycles. The number of amides is 1. The van der Waals surface area contributed by atoms with Gasteiger partial charge in [0.1, 0.15) is 5.75 Å². The van der Waals surface area contributed by atoms with Crippen LogP contribution in [0.15, 0.2) is 12.1 Å². The van der Waals surface area contributed by atoms with E-state index >= 15 is 0 Å². The molecule has 1 atom stereocenters. The van der Waals surface area contributed by atoms with Crippen LogP contribution < -0.4 is 9.64 Å². The van der Waals surface area contributed by atoms with Crippen LogP contribution in [-0.2, 0) is 4.79 Å². The van der Waals surface area contributed by atoms with Crippen molar-refractivity contribution in [2.24, 2.45) is 5.92 Å². The zero-order chi connectivity index (χ0) is 11.9. The molecule has 1 unspecified atom stereocenters. The number of anilines is 1. The van der Waals surface area contributed by atoms with Crippen LogP contribution in [0.1, 0.15) is 12.5 Å². The molecule has 0 saturated heterocycles. The van der Waals surface area contributed by atoms with Crippen LogP contribution >= 0.6 is 11.6 Å². The van der Waals surface area contributed by atoms with Crippen molar-refractivity contribution >= 4 is 23.2 Å². The summed E-state index contributed by atoms with van der Waals surface area (Å²) < 4.78 is 5.67. The van der Waals surface area contributed by atoms with E-state index in [0.717, 1.165) is 17.0 Å². The van der Waals surface area contributed by atoms with Gasteiger partial charge in [0.25, 0.3) is 0 Å². The molecule has 0 aromatic heterocycles. The number of benzene rings is 1. The number of nitrogens with zero attached hydrogens (tertiary/aromatic N) is 1. The Labute approximate surface area is 100.0 Å². The summed E-state index contributed by atoms with van der Waals surface area (Å²) in [5.74, 6) is 0.681. The molecule has 1 heterocycles. The Hall–Kier alpha value is -1.22. The average molecular weight is 240 g/mol. The lowest BCUT2D eigenvalue weighted by Gasteiger charge is -2.18. The van der Waals surface area contributed by atoms with Crippen LogP contribution in [0.2, 0.25) is 5.02 Å². The molecule has 3 nitrogen and oxygen atoms in total. The fourth-order valence-electron chi connectivity index (χ4n) is 1.88. The second kappa shape index (κ2) is 3.98. The summed E-state index contributed by atoms with van der Waals surface area (Å²) in [7, 11) is 1.75. The van der Waals surface area contributed by atoms with Crippen molar-refractivity contribution in [1.82, 2.24) is 0 Å². The van der Waals surface area contributed by atoms with E-state index < -0.39 is 0 Å². The predicted molar refractivity (Wildman–Crippen MR) is 64.3 cm³/mol. The van der Waals surface area contributed by atoms with Crippen LogP contribution in [0.3, 0.4) is 0 Å². The minimum absolute atomic E-state index is 0.0559. The standard InChI is InChI=1S/C12H14ClNO2/c1-7-4-9(13)5-10-11(7)16-6-8(2)12(15)14(10)3/h4-5,8H,6H2,1-3H3. The predicted octanol–water partition coefficient (Wildman–Crippen LogP) is 2.64. The van der Waals surface area contributed by atoms with E-state index in [1.807, 2.05) is 19.9 Å². The molecular weight excluding hydrogens is 226 g/mol. The Morgan fingerprint density at radius 1 is 1.50 bits per heavy atom. The summed E-state index contributed by atoms with van der Waals surface area (Å²) in [4.78, 5) is 13.6. The maximum Gasteiger partial charge on any atom is 0.233 e. The quantitative estimate of drug-likeness (QED) is 0.697. The first kappa shape index (κ1) is 11.3. The molecule has 16 heavy (non-hydrogen) atoms. The second-order valence-corrected chi connectivity index (χ2v) is 4.62. The van der Waals surface area contributed by atoms with Gasteiger partial charge in [-0.2, -0.15) is 0 Å². The number of carbonyl (C=O) groups is 1. The lowest BCUT2D eigenvalue weighted by Crippen LogP contribution is -2.31. The van der Waals surface area contributed by atoms with Gasteiger partial charge in [0.2, 0.25) is 5.91 Å². The lowest BCUT2D eigenvalue weighted by atomic mass is 10.1. The summed E-state index contributed by atoms with van der Waals surface area (Å²) in [5.41, 5.74) is 1.70. The van der Waals surface area contributed by atoms with Crippen LogP contribution in [-0.4, -0.2) is 19.6 Å². The monoisotopic (exact) mass is 239 g/mol. The van der Waals surface area contributed by atoms with Crippen LogP contribution in [0.4, 0.5) is 5.69 Å². The second-order valence-electron chi connectivity index (χ2n) is 4.18. The van der Waals surface area contributed by atoms with Crippen molar-refractivity contribution in [2.45, 2.75) is 13.8 Å². The van der Waals surface area contributed by atoms with Crippen molar-refractivity contribution in [3.05, 3.63) is 22.7 Å². The normalized spacial score (nSPS) is 20.1. The molecule has 1 aromatic rings. The zero-order valence-corrected chi connectivity index (χ0v) is 10.3. The molecule has 1 amide bonds. The van der Waals surface area contributed by atoms with E-state index in [-0.39, 0.29) is 11.8 Å². The number of hydrogen-bond acceptors (Lipinski definition) is 2. The van der Waals surface area contributed by atoms with Crippen molar-refractivity contribution in [2.75, 3.05) is 18.6 Å². The number of rotatable bonds is 0. The highest BCUT2D eigenvalue weighted by Gasteiger charge is 2.27. The molecule has 0 radical (unpaired) electrons. The molecule has 1 aliphatic rings. The fraction of sp³-hybridized carbons (Fsp3) is 0.417. The van der Waals surface area contributed by atoms with Gasteiger partial charge < -0.3 is 9.64 Å². The first-order chi connectivity index (χ1) is 7.50. The van der Waals surface area contributed by atoms with Gasteiger partial charge in [-0.15, -0.1) is 0 Å². The Morgan fingerprint density at radius 3 is 2.88 bits per heavy atom. The number of carbonyl (C=O) groups excluding carboxylic acids is 1. The topological polar surface area (TPSA) is 29.5 Å². The van der Waals surface area contributed by atoms with Gasteiger partial charge in [0.05, 0.1) is 18.2 Å². The van der Waals surface area contributed by atoms with Crippen molar-refractivity contribution < 1.29 is 9.53 Å². The molecule has 0 fully saturated rings. The van der Waals surface area contributed by atoms with Crippen molar-refractivity contribution in [1.29, 1.82) is 0 Å². The van der Waals surface area contributed by atoms with Gasteiger partial charge in [0, 0.05) is 12.1 Å². The molecule has 1 aromatic carbocycles. The first-order valence-electron chi connectivity index (χ1n) is 5.21. The first-order valence-corrected chi connectivity index (χ1v) is 5.59. The third kappa shape index (κ3) is 1.76. The maximum atomic E-state index is 11.9. The Balaban J connectivity index is 2.57. The minimum Gasteiger partial charge on any atom is -0.490 e.